The molecule has 4 rings (SSSR count). The van der Waals surface area contributed by atoms with Crippen molar-refractivity contribution < 1.29 is 4.74 Å². The van der Waals surface area contributed by atoms with Gasteiger partial charge in [-0.05, 0) is 41.5 Å². The van der Waals surface area contributed by atoms with Crippen LogP contribution in [0, 0.1) is 0 Å². The van der Waals surface area contributed by atoms with Crippen molar-refractivity contribution in [3.8, 4) is 5.75 Å². The lowest BCUT2D eigenvalue weighted by Gasteiger charge is -2.10. The smallest absolute Gasteiger partial charge is 0.120 e. The number of nitrogens with one attached hydrogen (secondary N) is 1. The monoisotopic (exact) mass is 341 g/mol. The Labute approximate surface area is 152 Å². The van der Waals surface area contributed by atoms with Crippen molar-refractivity contribution in [3.63, 3.8) is 0 Å². The number of benzene rings is 3. The average molecular weight is 341 g/mol. The van der Waals surface area contributed by atoms with Gasteiger partial charge in [0.25, 0.3) is 0 Å². The van der Waals surface area contributed by atoms with Crippen molar-refractivity contribution in [2.45, 2.75) is 13.2 Å². The summed E-state index contributed by atoms with van der Waals surface area (Å²) in [6, 6.07) is 24.4. The molecule has 0 aliphatic rings. The van der Waals surface area contributed by atoms with Crippen LogP contribution in [-0.2, 0) is 13.2 Å². The van der Waals surface area contributed by atoms with Gasteiger partial charge in [-0.3, -0.25) is 0 Å². The summed E-state index contributed by atoms with van der Waals surface area (Å²) in [5, 5.41) is 4.47. The Morgan fingerprint density at radius 3 is 2.65 bits per heavy atom. The molecule has 0 bridgehead atoms. The SMILES string of the molecule is c1ccc(COc2cccc(CNc3ccc4cncnc4c3)c2)cc1. The third kappa shape index (κ3) is 3.98. The first-order valence-corrected chi connectivity index (χ1v) is 8.56. The van der Waals surface area contributed by atoms with Gasteiger partial charge < -0.3 is 10.1 Å². The fourth-order valence-electron chi connectivity index (χ4n) is 2.77. The highest BCUT2D eigenvalue weighted by Gasteiger charge is 2.01. The molecular weight excluding hydrogens is 322 g/mol. The van der Waals surface area contributed by atoms with E-state index >= 15 is 0 Å². The van der Waals surface area contributed by atoms with E-state index in [4.69, 9.17) is 4.74 Å². The van der Waals surface area contributed by atoms with E-state index in [9.17, 15) is 0 Å². The van der Waals surface area contributed by atoms with Gasteiger partial charge in [0.2, 0.25) is 0 Å². The molecule has 0 radical (unpaired) electrons. The molecule has 1 aromatic heterocycles. The molecule has 0 fully saturated rings. The van der Waals surface area contributed by atoms with Gasteiger partial charge in [-0.2, -0.15) is 0 Å². The molecule has 1 heterocycles. The summed E-state index contributed by atoms with van der Waals surface area (Å²) < 4.78 is 5.90. The van der Waals surface area contributed by atoms with Crippen LogP contribution in [0.15, 0.2) is 85.3 Å². The van der Waals surface area contributed by atoms with E-state index in [1.807, 2.05) is 54.7 Å². The van der Waals surface area contributed by atoms with Crippen molar-refractivity contribution in [3.05, 3.63) is 96.4 Å². The summed E-state index contributed by atoms with van der Waals surface area (Å²) in [5.74, 6) is 0.874. The van der Waals surface area contributed by atoms with Crippen LogP contribution in [0.3, 0.4) is 0 Å². The fraction of sp³-hybridized carbons (Fsp3) is 0.0909. The van der Waals surface area contributed by atoms with Crippen molar-refractivity contribution in [2.75, 3.05) is 5.32 Å². The van der Waals surface area contributed by atoms with Gasteiger partial charge >= 0.3 is 0 Å². The van der Waals surface area contributed by atoms with Crippen molar-refractivity contribution >= 4 is 16.6 Å². The van der Waals surface area contributed by atoms with E-state index in [0.717, 1.165) is 34.4 Å². The van der Waals surface area contributed by atoms with Gasteiger partial charge in [0.15, 0.2) is 0 Å². The summed E-state index contributed by atoms with van der Waals surface area (Å²) in [4.78, 5) is 8.33. The molecule has 4 heteroatoms. The van der Waals surface area contributed by atoms with Crippen molar-refractivity contribution in [1.82, 2.24) is 9.97 Å². The van der Waals surface area contributed by atoms with Crippen LogP contribution in [0.25, 0.3) is 10.9 Å². The average Bonchev–Trinajstić information content (AvgIpc) is 2.72. The van der Waals surface area contributed by atoms with Gasteiger partial charge in [-0.15, -0.1) is 0 Å². The quantitative estimate of drug-likeness (QED) is 0.546. The molecular formula is C22H19N3O. The molecule has 0 aliphatic carbocycles. The fourth-order valence-corrected chi connectivity index (χ4v) is 2.77. The third-order valence-corrected chi connectivity index (χ3v) is 4.15. The summed E-state index contributed by atoms with van der Waals surface area (Å²) in [5.41, 5.74) is 4.30. The number of rotatable bonds is 6. The number of nitrogens with zero attached hydrogens (tertiary/aromatic N) is 2. The summed E-state index contributed by atoms with van der Waals surface area (Å²) in [7, 11) is 0. The molecule has 1 N–H and O–H groups in total. The molecule has 0 saturated carbocycles. The standard InChI is InChI=1S/C22H19N3O/c1-2-5-17(6-3-1)15-26-21-8-4-7-18(11-21)13-24-20-10-9-19-14-23-16-25-22(19)12-20/h1-12,14,16,24H,13,15H2. The van der Waals surface area contributed by atoms with E-state index in [2.05, 4.69) is 39.6 Å². The second kappa shape index (κ2) is 7.66. The van der Waals surface area contributed by atoms with Gasteiger partial charge in [-0.1, -0.05) is 42.5 Å². The van der Waals surface area contributed by atoms with E-state index < -0.39 is 0 Å². The molecule has 0 atom stereocenters. The Bertz CT molecular complexity index is 1000. The van der Waals surface area contributed by atoms with Gasteiger partial charge in [0.05, 0.1) is 5.52 Å². The van der Waals surface area contributed by atoms with Crippen LogP contribution in [0.5, 0.6) is 5.75 Å². The van der Waals surface area contributed by atoms with Crippen molar-refractivity contribution in [2.24, 2.45) is 0 Å². The van der Waals surface area contributed by atoms with Crippen LogP contribution in [0.4, 0.5) is 5.69 Å². The highest BCUT2D eigenvalue weighted by Crippen LogP contribution is 2.19. The second-order valence-electron chi connectivity index (χ2n) is 6.07. The second-order valence-corrected chi connectivity index (χ2v) is 6.07. The number of anilines is 1. The van der Waals surface area contributed by atoms with Gasteiger partial charge in [0.1, 0.15) is 18.7 Å². The minimum atomic E-state index is 0.572. The highest BCUT2D eigenvalue weighted by atomic mass is 16.5. The topological polar surface area (TPSA) is 47.0 Å². The Balaban J connectivity index is 1.40. The van der Waals surface area contributed by atoms with Crippen LogP contribution in [0.2, 0.25) is 0 Å². The largest absolute Gasteiger partial charge is 0.489 e. The summed E-state index contributed by atoms with van der Waals surface area (Å²) in [6.45, 7) is 1.29. The maximum Gasteiger partial charge on any atom is 0.120 e. The Morgan fingerprint density at radius 1 is 0.846 bits per heavy atom. The van der Waals surface area contributed by atoms with E-state index in [-0.39, 0.29) is 0 Å². The summed E-state index contributed by atoms with van der Waals surface area (Å²) in [6.07, 6.45) is 3.39. The van der Waals surface area contributed by atoms with Crippen LogP contribution in [-0.4, -0.2) is 9.97 Å². The number of ether oxygens (including phenoxy) is 1. The zero-order valence-electron chi connectivity index (χ0n) is 14.3. The molecule has 3 aromatic carbocycles. The summed E-state index contributed by atoms with van der Waals surface area (Å²) >= 11 is 0. The first-order valence-electron chi connectivity index (χ1n) is 8.56. The third-order valence-electron chi connectivity index (χ3n) is 4.15. The molecule has 4 aromatic rings. The predicted octanol–water partition coefficient (Wildman–Crippen LogP) is 4.82. The number of hydrogen-bond donors (Lipinski definition) is 1. The lowest BCUT2D eigenvalue weighted by molar-refractivity contribution is 0.306. The molecule has 128 valence electrons. The number of fused-ring (bicyclic) bond motifs is 1. The number of hydrogen-bond acceptors (Lipinski definition) is 4. The molecule has 0 unspecified atom stereocenters. The maximum atomic E-state index is 5.90. The van der Waals surface area contributed by atoms with Crippen LogP contribution < -0.4 is 10.1 Å². The van der Waals surface area contributed by atoms with E-state index in [1.165, 1.54) is 5.56 Å². The minimum Gasteiger partial charge on any atom is -0.489 e. The Hall–Kier alpha value is -3.40. The molecule has 26 heavy (non-hydrogen) atoms. The highest BCUT2D eigenvalue weighted by molar-refractivity contribution is 5.81. The minimum absolute atomic E-state index is 0.572. The lowest BCUT2D eigenvalue weighted by atomic mass is 10.2. The van der Waals surface area contributed by atoms with E-state index in [0.29, 0.717) is 6.61 Å². The number of aromatic nitrogens is 2. The van der Waals surface area contributed by atoms with E-state index in [1.54, 1.807) is 6.33 Å². The molecule has 0 aliphatic heterocycles. The first kappa shape index (κ1) is 16.1. The van der Waals surface area contributed by atoms with Gasteiger partial charge in [0, 0.05) is 23.8 Å². The van der Waals surface area contributed by atoms with Crippen LogP contribution >= 0.6 is 0 Å². The first-order chi connectivity index (χ1) is 12.9. The Kier molecular flexibility index (Phi) is 4.74. The molecule has 0 saturated heterocycles. The Morgan fingerprint density at radius 2 is 1.73 bits per heavy atom. The van der Waals surface area contributed by atoms with Gasteiger partial charge in [-0.25, -0.2) is 9.97 Å². The molecule has 0 amide bonds. The lowest BCUT2D eigenvalue weighted by Crippen LogP contribution is -2.01. The predicted molar refractivity (Wildman–Crippen MR) is 104 cm³/mol. The zero-order chi connectivity index (χ0) is 17.6. The molecule has 0 spiro atoms. The van der Waals surface area contributed by atoms with Crippen LogP contribution in [0.1, 0.15) is 11.1 Å². The maximum absolute atomic E-state index is 5.90. The molecule has 4 nitrogen and oxygen atoms in total. The zero-order valence-corrected chi connectivity index (χ0v) is 14.3. The van der Waals surface area contributed by atoms with Crippen molar-refractivity contribution in [1.29, 1.82) is 0 Å². The normalized spacial score (nSPS) is 10.6.